The van der Waals surface area contributed by atoms with Crippen molar-refractivity contribution < 1.29 is 15.0 Å². The molecule has 4 nitrogen and oxygen atoms in total. The Balaban J connectivity index is 2.18. The van der Waals surface area contributed by atoms with Crippen LogP contribution < -0.4 is 0 Å². The van der Waals surface area contributed by atoms with Crippen LogP contribution in [0.4, 0.5) is 0 Å². The molecule has 0 bridgehead atoms. The molecule has 0 amide bonds. The standard InChI is InChI=1S/C16H15NO3/c1-10-8-12-11-4-2-3-5-13(11)16(20,7-6-15(18)19)14(12)9-17-10/h2-5,8-9,20H,6-7H2,1H3,(H,18,19). The van der Waals surface area contributed by atoms with E-state index in [1.54, 1.807) is 6.20 Å². The van der Waals surface area contributed by atoms with Crippen LogP contribution in [-0.4, -0.2) is 21.2 Å². The SMILES string of the molecule is Cc1cc2c(cn1)C(O)(CCC(=O)O)c1ccccc1-2. The topological polar surface area (TPSA) is 70.4 Å². The van der Waals surface area contributed by atoms with Crippen LogP contribution in [0.15, 0.2) is 36.5 Å². The van der Waals surface area contributed by atoms with Crippen LogP contribution in [0.2, 0.25) is 0 Å². The number of pyridine rings is 1. The third-order valence-corrected chi connectivity index (χ3v) is 3.85. The maximum Gasteiger partial charge on any atom is 0.303 e. The fraction of sp³-hybridized carbons (Fsp3) is 0.250. The number of carboxylic acids is 1. The molecule has 1 atom stereocenters. The number of fused-ring (bicyclic) bond motifs is 3. The molecule has 2 aromatic rings. The Hall–Kier alpha value is -2.20. The normalized spacial score (nSPS) is 19.5. The molecule has 1 aliphatic rings. The molecule has 0 fully saturated rings. The first-order valence-electron chi connectivity index (χ1n) is 6.53. The monoisotopic (exact) mass is 269 g/mol. The van der Waals surface area contributed by atoms with Crippen LogP contribution in [0.25, 0.3) is 11.1 Å². The van der Waals surface area contributed by atoms with Gasteiger partial charge in [0.15, 0.2) is 0 Å². The Bertz CT molecular complexity index is 696. The number of rotatable bonds is 3. The molecule has 20 heavy (non-hydrogen) atoms. The smallest absolute Gasteiger partial charge is 0.303 e. The largest absolute Gasteiger partial charge is 0.481 e. The zero-order chi connectivity index (χ0) is 14.3. The summed E-state index contributed by atoms with van der Waals surface area (Å²) < 4.78 is 0. The lowest BCUT2D eigenvalue weighted by Crippen LogP contribution is -2.25. The van der Waals surface area contributed by atoms with Gasteiger partial charge in [-0.3, -0.25) is 9.78 Å². The summed E-state index contributed by atoms with van der Waals surface area (Å²) in [6, 6.07) is 9.52. The Morgan fingerprint density at radius 2 is 2.00 bits per heavy atom. The van der Waals surface area contributed by atoms with E-state index >= 15 is 0 Å². The summed E-state index contributed by atoms with van der Waals surface area (Å²) in [5.74, 6) is -0.913. The van der Waals surface area contributed by atoms with Crippen LogP contribution >= 0.6 is 0 Å². The third kappa shape index (κ3) is 1.80. The first-order chi connectivity index (χ1) is 9.52. The minimum atomic E-state index is -1.26. The van der Waals surface area contributed by atoms with Crippen molar-refractivity contribution in [2.45, 2.75) is 25.4 Å². The average molecular weight is 269 g/mol. The van der Waals surface area contributed by atoms with Crippen LogP contribution in [0.3, 0.4) is 0 Å². The van der Waals surface area contributed by atoms with Crippen LogP contribution in [-0.2, 0) is 10.4 Å². The predicted molar refractivity (Wildman–Crippen MR) is 74.3 cm³/mol. The summed E-state index contributed by atoms with van der Waals surface area (Å²) in [7, 11) is 0. The molecule has 1 aromatic carbocycles. The van der Waals surface area contributed by atoms with Crippen LogP contribution in [0.1, 0.15) is 29.7 Å². The summed E-state index contributed by atoms with van der Waals surface area (Å²) in [6.45, 7) is 1.90. The lowest BCUT2D eigenvalue weighted by molar-refractivity contribution is -0.138. The Kier molecular flexibility index (Phi) is 2.83. The Labute approximate surface area is 116 Å². The number of hydrogen-bond acceptors (Lipinski definition) is 3. The fourth-order valence-electron chi connectivity index (χ4n) is 2.89. The van der Waals surface area contributed by atoms with Crippen molar-refractivity contribution in [3.8, 4) is 11.1 Å². The number of carboxylic acid groups (broad SMARTS) is 1. The molecule has 0 aliphatic heterocycles. The van der Waals surface area contributed by atoms with Gasteiger partial charge in [-0.2, -0.15) is 0 Å². The third-order valence-electron chi connectivity index (χ3n) is 3.85. The van der Waals surface area contributed by atoms with E-state index in [1.165, 1.54) is 0 Å². The summed E-state index contributed by atoms with van der Waals surface area (Å²) in [5, 5.41) is 19.9. The van der Waals surface area contributed by atoms with Gasteiger partial charge in [0.1, 0.15) is 5.60 Å². The quantitative estimate of drug-likeness (QED) is 0.898. The number of benzene rings is 1. The van der Waals surface area contributed by atoms with Gasteiger partial charge >= 0.3 is 5.97 Å². The lowest BCUT2D eigenvalue weighted by atomic mass is 9.87. The summed E-state index contributed by atoms with van der Waals surface area (Å²) in [4.78, 5) is 15.1. The van der Waals surface area contributed by atoms with Crippen molar-refractivity contribution in [2.75, 3.05) is 0 Å². The molecule has 102 valence electrons. The molecule has 1 aromatic heterocycles. The van der Waals surface area contributed by atoms with Crippen molar-refractivity contribution in [1.82, 2.24) is 4.98 Å². The second-order valence-electron chi connectivity index (χ2n) is 5.17. The van der Waals surface area contributed by atoms with E-state index in [9.17, 15) is 9.90 Å². The molecule has 0 saturated heterocycles. The van der Waals surface area contributed by atoms with Gasteiger partial charge in [-0.25, -0.2) is 0 Å². The van der Waals surface area contributed by atoms with Gasteiger partial charge in [-0.05, 0) is 36.1 Å². The van der Waals surface area contributed by atoms with E-state index in [-0.39, 0.29) is 12.8 Å². The van der Waals surface area contributed by atoms with Crippen molar-refractivity contribution in [3.05, 3.63) is 53.3 Å². The Morgan fingerprint density at radius 1 is 1.25 bits per heavy atom. The first kappa shape index (κ1) is 12.8. The van der Waals surface area contributed by atoms with E-state index in [1.807, 2.05) is 37.3 Å². The lowest BCUT2D eigenvalue weighted by Gasteiger charge is -2.24. The van der Waals surface area contributed by atoms with Gasteiger partial charge < -0.3 is 10.2 Å². The van der Waals surface area contributed by atoms with E-state index < -0.39 is 11.6 Å². The maximum absolute atomic E-state index is 11.0. The molecule has 2 N–H and O–H groups in total. The minimum absolute atomic E-state index is 0.0852. The fourth-order valence-corrected chi connectivity index (χ4v) is 2.89. The molecule has 4 heteroatoms. The van der Waals surface area contributed by atoms with Gasteiger partial charge in [0.25, 0.3) is 0 Å². The van der Waals surface area contributed by atoms with E-state index in [0.29, 0.717) is 5.56 Å². The van der Waals surface area contributed by atoms with Gasteiger partial charge in [-0.15, -0.1) is 0 Å². The maximum atomic E-state index is 11.0. The first-order valence-corrected chi connectivity index (χ1v) is 6.53. The van der Waals surface area contributed by atoms with Gasteiger partial charge in [0.2, 0.25) is 0 Å². The van der Waals surface area contributed by atoms with Gasteiger partial charge in [0.05, 0.1) is 0 Å². The number of carbonyl (C=O) groups is 1. The zero-order valence-electron chi connectivity index (χ0n) is 11.1. The molecule has 0 radical (unpaired) electrons. The minimum Gasteiger partial charge on any atom is -0.481 e. The van der Waals surface area contributed by atoms with Crippen LogP contribution in [0.5, 0.6) is 0 Å². The second-order valence-corrected chi connectivity index (χ2v) is 5.17. The molecule has 1 heterocycles. The molecule has 1 unspecified atom stereocenters. The van der Waals surface area contributed by atoms with E-state index in [0.717, 1.165) is 22.4 Å². The second kappa shape index (κ2) is 4.42. The average Bonchev–Trinajstić information content (AvgIpc) is 2.68. The number of aromatic nitrogens is 1. The van der Waals surface area contributed by atoms with Crippen molar-refractivity contribution in [2.24, 2.45) is 0 Å². The summed E-state index contributed by atoms with van der Waals surface area (Å²) in [6.07, 6.45) is 1.72. The number of hydrogen-bond donors (Lipinski definition) is 2. The molecule has 1 aliphatic carbocycles. The van der Waals surface area contributed by atoms with E-state index in [2.05, 4.69) is 4.98 Å². The number of aliphatic carboxylic acids is 1. The Morgan fingerprint density at radius 3 is 2.75 bits per heavy atom. The number of aliphatic hydroxyl groups is 1. The highest BCUT2D eigenvalue weighted by Gasteiger charge is 2.41. The van der Waals surface area contributed by atoms with E-state index in [4.69, 9.17) is 5.11 Å². The number of aryl methyl sites for hydroxylation is 1. The highest BCUT2D eigenvalue weighted by molar-refractivity contribution is 5.80. The summed E-state index contributed by atoms with van der Waals surface area (Å²) in [5.41, 5.74) is 2.99. The molecular weight excluding hydrogens is 254 g/mol. The zero-order valence-corrected chi connectivity index (χ0v) is 11.1. The van der Waals surface area contributed by atoms with Crippen molar-refractivity contribution >= 4 is 5.97 Å². The summed E-state index contributed by atoms with van der Waals surface area (Å²) >= 11 is 0. The van der Waals surface area contributed by atoms with Crippen molar-refractivity contribution in [3.63, 3.8) is 0 Å². The predicted octanol–water partition coefficient (Wildman–Crippen LogP) is 2.47. The molecule has 3 rings (SSSR count). The molecule has 0 spiro atoms. The van der Waals surface area contributed by atoms with Crippen LogP contribution in [0, 0.1) is 6.92 Å². The molecule has 0 saturated carbocycles. The number of nitrogens with zero attached hydrogens (tertiary/aromatic N) is 1. The van der Waals surface area contributed by atoms with Crippen molar-refractivity contribution in [1.29, 1.82) is 0 Å². The highest BCUT2D eigenvalue weighted by atomic mass is 16.4. The van der Waals surface area contributed by atoms with Gasteiger partial charge in [0, 0.05) is 23.9 Å². The highest BCUT2D eigenvalue weighted by Crippen LogP contribution is 2.49. The van der Waals surface area contributed by atoms with Gasteiger partial charge in [-0.1, -0.05) is 24.3 Å². The molecular formula is C16H15NO3.